The first-order valence-corrected chi connectivity index (χ1v) is 4.37. The second kappa shape index (κ2) is 3.65. The predicted octanol–water partition coefficient (Wildman–Crippen LogP) is 2.25. The molecule has 10 heavy (non-hydrogen) atoms. The Morgan fingerprint density at radius 2 is 1.80 bits per heavy atom. The van der Waals surface area contributed by atoms with E-state index in [9.17, 15) is 0 Å². The molecule has 0 N–H and O–H groups in total. The second-order valence-corrected chi connectivity index (χ2v) is 2.71. The van der Waals surface area contributed by atoms with Crippen molar-refractivity contribution in [2.24, 2.45) is 5.92 Å². The van der Waals surface area contributed by atoms with Crippen molar-refractivity contribution >= 4 is 0 Å². The molecule has 3 heterocycles. The van der Waals surface area contributed by atoms with Crippen LogP contribution < -0.4 is 0 Å². The lowest BCUT2D eigenvalue weighted by molar-refractivity contribution is 0.243. The van der Waals surface area contributed by atoms with Gasteiger partial charge in [-0.1, -0.05) is 19.9 Å². The molecule has 3 rings (SSSR count). The third kappa shape index (κ3) is 1.53. The average molecular weight is 139 g/mol. The molecule has 0 aromatic heterocycles. The molecule has 2 bridgehead atoms. The van der Waals surface area contributed by atoms with E-state index in [4.69, 9.17) is 0 Å². The Kier molecular flexibility index (Phi) is 2.79. The average Bonchev–Trinajstić information content (AvgIpc) is 2.11. The number of piperidine rings is 1. The van der Waals surface area contributed by atoms with Crippen LogP contribution in [0, 0.1) is 5.92 Å². The fourth-order valence-corrected chi connectivity index (χ4v) is 1.50. The summed E-state index contributed by atoms with van der Waals surface area (Å²) in [6.07, 6.45) is 7.39. The standard InChI is InChI=1S/C7H11N.C2H6/c1-4-8-5-2-7(1)3-6-8;1-2/h1,4,7H,2-3,5-6H2;1-2H3. The molecule has 1 saturated heterocycles. The Labute approximate surface area is 63.7 Å². The van der Waals surface area contributed by atoms with Crippen LogP contribution >= 0.6 is 0 Å². The number of nitrogens with zero attached hydrogens (tertiary/aromatic N) is 1. The summed E-state index contributed by atoms with van der Waals surface area (Å²) in [5.41, 5.74) is 0. The van der Waals surface area contributed by atoms with Crippen LogP contribution in [0.25, 0.3) is 0 Å². The smallest absolute Gasteiger partial charge is 0.0178 e. The summed E-state index contributed by atoms with van der Waals surface area (Å²) < 4.78 is 0. The molecule has 0 aromatic rings. The molecule has 3 aliphatic heterocycles. The highest BCUT2D eigenvalue weighted by molar-refractivity contribution is 4.98. The molecule has 0 unspecified atom stereocenters. The fourth-order valence-electron chi connectivity index (χ4n) is 1.50. The maximum atomic E-state index is 2.40. The quantitative estimate of drug-likeness (QED) is 0.497. The van der Waals surface area contributed by atoms with Gasteiger partial charge in [0.05, 0.1) is 0 Å². The van der Waals surface area contributed by atoms with E-state index in [1.807, 2.05) is 13.8 Å². The lowest BCUT2D eigenvalue weighted by Crippen LogP contribution is -2.32. The zero-order chi connectivity index (χ0) is 7.40. The van der Waals surface area contributed by atoms with E-state index in [1.54, 1.807) is 0 Å². The van der Waals surface area contributed by atoms with Gasteiger partial charge in [0.25, 0.3) is 0 Å². The van der Waals surface area contributed by atoms with Crippen molar-refractivity contribution in [3.63, 3.8) is 0 Å². The molecule has 1 fully saturated rings. The minimum atomic E-state index is 0.931. The van der Waals surface area contributed by atoms with Gasteiger partial charge < -0.3 is 4.90 Å². The monoisotopic (exact) mass is 139 g/mol. The van der Waals surface area contributed by atoms with Crippen molar-refractivity contribution in [3.8, 4) is 0 Å². The van der Waals surface area contributed by atoms with Gasteiger partial charge in [0.1, 0.15) is 0 Å². The van der Waals surface area contributed by atoms with Gasteiger partial charge in [0.15, 0.2) is 0 Å². The summed E-state index contributed by atoms with van der Waals surface area (Å²) in [7, 11) is 0. The molecule has 0 spiro atoms. The molecule has 0 aromatic carbocycles. The van der Waals surface area contributed by atoms with Crippen LogP contribution in [0.4, 0.5) is 0 Å². The molecular formula is C9H17N. The molecule has 0 atom stereocenters. The van der Waals surface area contributed by atoms with Gasteiger partial charge in [-0.15, -0.1) is 0 Å². The number of hydrogen-bond donors (Lipinski definition) is 0. The molecule has 0 saturated carbocycles. The molecule has 58 valence electrons. The second-order valence-electron chi connectivity index (χ2n) is 2.71. The summed E-state index contributed by atoms with van der Waals surface area (Å²) in [5.74, 6) is 0.931. The SMILES string of the molecule is C1=CN2CCC1CC2.CC. The topological polar surface area (TPSA) is 3.24 Å². The minimum absolute atomic E-state index is 0.931. The van der Waals surface area contributed by atoms with Crippen molar-refractivity contribution in [1.29, 1.82) is 0 Å². The summed E-state index contributed by atoms with van der Waals surface area (Å²) >= 11 is 0. The van der Waals surface area contributed by atoms with Crippen LogP contribution in [0.1, 0.15) is 26.7 Å². The summed E-state index contributed by atoms with van der Waals surface area (Å²) in [6.45, 7) is 6.61. The summed E-state index contributed by atoms with van der Waals surface area (Å²) in [6, 6.07) is 0. The van der Waals surface area contributed by atoms with Crippen LogP contribution in [-0.2, 0) is 0 Å². The Balaban J connectivity index is 0.000000231. The molecule has 1 nitrogen and oxygen atoms in total. The maximum Gasteiger partial charge on any atom is 0.0178 e. The number of hydrogen-bond acceptors (Lipinski definition) is 1. The molecule has 0 radical (unpaired) electrons. The number of fused-ring (bicyclic) bond motifs is 2. The number of rotatable bonds is 0. The van der Waals surface area contributed by atoms with Crippen molar-refractivity contribution in [3.05, 3.63) is 12.3 Å². The van der Waals surface area contributed by atoms with E-state index >= 15 is 0 Å². The maximum absolute atomic E-state index is 2.40. The van der Waals surface area contributed by atoms with Crippen molar-refractivity contribution in [2.45, 2.75) is 26.7 Å². The third-order valence-electron chi connectivity index (χ3n) is 2.14. The molecule has 0 amide bonds. The van der Waals surface area contributed by atoms with Gasteiger partial charge in [-0.2, -0.15) is 0 Å². The van der Waals surface area contributed by atoms with Gasteiger partial charge in [-0.25, -0.2) is 0 Å². The molecular weight excluding hydrogens is 122 g/mol. The van der Waals surface area contributed by atoms with E-state index in [0.29, 0.717) is 0 Å². The zero-order valence-corrected chi connectivity index (χ0v) is 7.01. The Bertz CT molecular complexity index is 95.9. The lowest BCUT2D eigenvalue weighted by atomic mass is 9.94. The van der Waals surface area contributed by atoms with Gasteiger partial charge >= 0.3 is 0 Å². The minimum Gasteiger partial charge on any atom is -0.378 e. The highest BCUT2D eigenvalue weighted by Gasteiger charge is 2.18. The van der Waals surface area contributed by atoms with Crippen LogP contribution in [-0.4, -0.2) is 18.0 Å². The Morgan fingerprint density at radius 3 is 1.90 bits per heavy atom. The van der Waals surface area contributed by atoms with E-state index in [2.05, 4.69) is 17.2 Å². The normalized spacial score (nSPS) is 22.4. The van der Waals surface area contributed by atoms with Crippen molar-refractivity contribution in [1.82, 2.24) is 4.90 Å². The lowest BCUT2D eigenvalue weighted by Gasteiger charge is -2.34. The van der Waals surface area contributed by atoms with Gasteiger partial charge in [-0.3, -0.25) is 0 Å². The molecule has 0 aliphatic carbocycles. The van der Waals surface area contributed by atoms with E-state index in [0.717, 1.165) is 5.92 Å². The Hall–Kier alpha value is -0.460. The van der Waals surface area contributed by atoms with Crippen molar-refractivity contribution in [2.75, 3.05) is 13.1 Å². The van der Waals surface area contributed by atoms with E-state index < -0.39 is 0 Å². The first kappa shape index (κ1) is 7.64. The predicted molar refractivity (Wildman–Crippen MR) is 44.8 cm³/mol. The molecule has 3 aliphatic rings. The first-order chi connectivity index (χ1) is 4.95. The van der Waals surface area contributed by atoms with Gasteiger partial charge in [-0.05, 0) is 25.0 Å². The number of allylic oxidation sites excluding steroid dienone is 1. The zero-order valence-electron chi connectivity index (χ0n) is 7.01. The largest absolute Gasteiger partial charge is 0.378 e. The summed E-state index contributed by atoms with van der Waals surface area (Å²) in [5, 5.41) is 0. The fraction of sp³-hybridized carbons (Fsp3) is 0.778. The van der Waals surface area contributed by atoms with Crippen LogP contribution in [0.15, 0.2) is 12.3 Å². The highest BCUT2D eigenvalue weighted by Crippen LogP contribution is 2.23. The summed E-state index contributed by atoms with van der Waals surface area (Å²) in [4.78, 5) is 2.40. The van der Waals surface area contributed by atoms with Crippen molar-refractivity contribution < 1.29 is 0 Å². The van der Waals surface area contributed by atoms with Gasteiger partial charge in [0.2, 0.25) is 0 Å². The first-order valence-electron chi connectivity index (χ1n) is 4.37. The van der Waals surface area contributed by atoms with E-state index in [1.165, 1.54) is 25.9 Å². The van der Waals surface area contributed by atoms with Crippen LogP contribution in [0.3, 0.4) is 0 Å². The van der Waals surface area contributed by atoms with Crippen LogP contribution in [0.5, 0.6) is 0 Å². The highest BCUT2D eigenvalue weighted by atomic mass is 15.1. The third-order valence-corrected chi connectivity index (χ3v) is 2.14. The van der Waals surface area contributed by atoms with Gasteiger partial charge in [0, 0.05) is 13.1 Å². The van der Waals surface area contributed by atoms with E-state index in [-0.39, 0.29) is 0 Å². The molecule has 1 heteroatoms. The van der Waals surface area contributed by atoms with Crippen LogP contribution in [0.2, 0.25) is 0 Å². The Morgan fingerprint density at radius 1 is 1.20 bits per heavy atom.